The topological polar surface area (TPSA) is 36.9 Å². The average Bonchev–Trinajstić information content (AvgIpc) is 2.58. The summed E-state index contributed by atoms with van der Waals surface area (Å²) in [6, 6.07) is 0. The van der Waals surface area contributed by atoms with Crippen molar-refractivity contribution in [2.24, 2.45) is 0 Å². The minimum atomic E-state index is -0.486. The standard InChI is InChI=1S/C12H20O4/c1-11(2)13-7-5-6-8-10(9(7)15-11)16-12(3,4)14-8/h7-10H,5-6H2,1-4H3/t7-,8+,9-,10-/m1/s1. The fraction of sp³-hybridized carbons (Fsp3) is 1.00. The molecule has 0 N–H and O–H groups in total. The van der Waals surface area contributed by atoms with Gasteiger partial charge in [-0.1, -0.05) is 0 Å². The fourth-order valence-electron chi connectivity index (χ4n) is 3.06. The summed E-state index contributed by atoms with van der Waals surface area (Å²) in [5.41, 5.74) is 0. The van der Waals surface area contributed by atoms with Crippen LogP contribution in [0.15, 0.2) is 0 Å². The molecular formula is C12H20O4. The highest BCUT2D eigenvalue weighted by Crippen LogP contribution is 2.44. The highest BCUT2D eigenvalue weighted by atomic mass is 16.8. The molecule has 2 saturated heterocycles. The van der Waals surface area contributed by atoms with Gasteiger partial charge in [0.15, 0.2) is 11.6 Å². The molecule has 3 rings (SSSR count). The van der Waals surface area contributed by atoms with Gasteiger partial charge in [-0.2, -0.15) is 0 Å². The molecule has 0 unspecified atom stereocenters. The van der Waals surface area contributed by atoms with Crippen LogP contribution in [0, 0.1) is 0 Å². The summed E-state index contributed by atoms with van der Waals surface area (Å²) in [5, 5.41) is 0. The van der Waals surface area contributed by atoms with Crippen LogP contribution in [0.5, 0.6) is 0 Å². The van der Waals surface area contributed by atoms with E-state index in [1.54, 1.807) is 0 Å². The van der Waals surface area contributed by atoms with Gasteiger partial charge in [-0.25, -0.2) is 0 Å². The first kappa shape index (κ1) is 11.0. The van der Waals surface area contributed by atoms with Crippen LogP contribution in [0.3, 0.4) is 0 Å². The summed E-state index contributed by atoms with van der Waals surface area (Å²) in [4.78, 5) is 0. The summed E-state index contributed by atoms with van der Waals surface area (Å²) in [6.07, 6.45) is 2.36. The Kier molecular flexibility index (Phi) is 2.19. The lowest BCUT2D eigenvalue weighted by molar-refractivity contribution is -0.175. The quantitative estimate of drug-likeness (QED) is 0.633. The Morgan fingerprint density at radius 3 is 1.44 bits per heavy atom. The third-order valence-corrected chi connectivity index (χ3v) is 3.50. The van der Waals surface area contributed by atoms with Gasteiger partial charge in [-0.15, -0.1) is 0 Å². The Balaban J connectivity index is 1.81. The van der Waals surface area contributed by atoms with Gasteiger partial charge < -0.3 is 18.9 Å². The molecule has 3 fully saturated rings. The molecular weight excluding hydrogens is 208 g/mol. The zero-order chi connectivity index (χ0) is 11.6. The minimum absolute atomic E-state index is 0.0236. The van der Waals surface area contributed by atoms with E-state index in [9.17, 15) is 0 Å². The van der Waals surface area contributed by atoms with Gasteiger partial charge in [0, 0.05) is 0 Å². The molecule has 0 aromatic rings. The summed E-state index contributed by atoms with van der Waals surface area (Å²) in [6.45, 7) is 7.84. The first-order valence-electron chi connectivity index (χ1n) is 6.08. The van der Waals surface area contributed by atoms with Crippen molar-refractivity contribution in [2.45, 2.75) is 76.5 Å². The van der Waals surface area contributed by atoms with E-state index in [4.69, 9.17) is 18.9 Å². The largest absolute Gasteiger partial charge is 0.344 e. The van der Waals surface area contributed by atoms with Crippen LogP contribution in [-0.2, 0) is 18.9 Å². The van der Waals surface area contributed by atoms with Gasteiger partial charge in [0.2, 0.25) is 0 Å². The van der Waals surface area contributed by atoms with Crippen LogP contribution in [-0.4, -0.2) is 36.0 Å². The second-order valence-corrected chi connectivity index (χ2v) is 5.85. The number of fused-ring (bicyclic) bond motifs is 3. The van der Waals surface area contributed by atoms with Crippen molar-refractivity contribution in [1.82, 2.24) is 0 Å². The number of rotatable bonds is 0. The van der Waals surface area contributed by atoms with Crippen LogP contribution in [0.1, 0.15) is 40.5 Å². The molecule has 2 heterocycles. The predicted octanol–water partition coefficient (Wildman–Crippen LogP) is 1.82. The summed E-state index contributed by atoms with van der Waals surface area (Å²) >= 11 is 0. The van der Waals surface area contributed by atoms with Crippen LogP contribution in [0.25, 0.3) is 0 Å². The van der Waals surface area contributed by atoms with Gasteiger partial charge in [0.1, 0.15) is 12.2 Å². The van der Waals surface area contributed by atoms with Gasteiger partial charge in [0.05, 0.1) is 12.2 Å². The average molecular weight is 228 g/mol. The molecule has 2 aliphatic heterocycles. The molecule has 4 nitrogen and oxygen atoms in total. The maximum Gasteiger partial charge on any atom is 0.163 e. The number of hydrogen-bond acceptors (Lipinski definition) is 4. The fourth-order valence-corrected chi connectivity index (χ4v) is 3.06. The third-order valence-electron chi connectivity index (χ3n) is 3.50. The van der Waals surface area contributed by atoms with Crippen molar-refractivity contribution in [2.75, 3.05) is 0 Å². The van der Waals surface area contributed by atoms with Crippen LogP contribution in [0.2, 0.25) is 0 Å². The van der Waals surface area contributed by atoms with E-state index in [2.05, 4.69) is 0 Å². The molecule has 0 radical (unpaired) electrons. The number of hydrogen-bond donors (Lipinski definition) is 0. The van der Waals surface area contributed by atoms with Crippen LogP contribution >= 0.6 is 0 Å². The second kappa shape index (κ2) is 3.19. The monoisotopic (exact) mass is 228 g/mol. The van der Waals surface area contributed by atoms with E-state index in [1.807, 2.05) is 27.7 Å². The SMILES string of the molecule is CC1(C)O[C@H]2[C@@H]3OC(C)(C)O[C@@H]3CC[C@@H]2O1. The lowest BCUT2D eigenvalue weighted by atomic mass is 9.90. The number of ether oxygens (including phenoxy) is 4. The maximum absolute atomic E-state index is 5.93. The van der Waals surface area contributed by atoms with Crippen LogP contribution in [0.4, 0.5) is 0 Å². The summed E-state index contributed by atoms with van der Waals surface area (Å²) in [5.74, 6) is -0.972. The Bertz CT molecular complexity index is 269. The van der Waals surface area contributed by atoms with E-state index < -0.39 is 11.6 Å². The molecule has 3 aliphatic rings. The minimum Gasteiger partial charge on any atom is -0.344 e. The second-order valence-electron chi connectivity index (χ2n) is 5.85. The lowest BCUT2D eigenvalue weighted by Gasteiger charge is -2.30. The highest BCUT2D eigenvalue weighted by Gasteiger charge is 2.56. The molecule has 1 saturated carbocycles. The first-order chi connectivity index (χ1) is 7.36. The van der Waals surface area contributed by atoms with Crippen molar-refractivity contribution >= 4 is 0 Å². The van der Waals surface area contributed by atoms with E-state index >= 15 is 0 Å². The van der Waals surface area contributed by atoms with Gasteiger partial charge in [-0.05, 0) is 40.5 Å². The molecule has 0 amide bonds. The summed E-state index contributed by atoms with van der Waals surface area (Å²) in [7, 11) is 0. The molecule has 1 aliphatic carbocycles. The molecule has 0 aromatic carbocycles. The lowest BCUT2D eigenvalue weighted by Crippen LogP contribution is -2.46. The molecule has 4 heteroatoms. The van der Waals surface area contributed by atoms with Crippen molar-refractivity contribution in [3.8, 4) is 0 Å². The van der Waals surface area contributed by atoms with Crippen molar-refractivity contribution in [1.29, 1.82) is 0 Å². The molecule has 0 bridgehead atoms. The Labute approximate surface area is 96.2 Å². The molecule has 16 heavy (non-hydrogen) atoms. The van der Waals surface area contributed by atoms with Gasteiger partial charge in [-0.3, -0.25) is 0 Å². The Hall–Kier alpha value is -0.160. The molecule has 0 aromatic heterocycles. The maximum atomic E-state index is 5.93. The van der Waals surface area contributed by atoms with Crippen molar-refractivity contribution in [3.05, 3.63) is 0 Å². The zero-order valence-electron chi connectivity index (χ0n) is 10.4. The van der Waals surface area contributed by atoms with Crippen molar-refractivity contribution in [3.63, 3.8) is 0 Å². The third kappa shape index (κ3) is 1.68. The highest BCUT2D eigenvalue weighted by molar-refractivity contribution is 4.99. The molecule has 0 spiro atoms. The van der Waals surface area contributed by atoms with E-state index in [-0.39, 0.29) is 24.4 Å². The predicted molar refractivity (Wildman–Crippen MR) is 56.9 cm³/mol. The van der Waals surface area contributed by atoms with E-state index in [1.165, 1.54) is 0 Å². The smallest absolute Gasteiger partial charge is 0.163 e. The van der Waals surface area contributed by atoms with Crippen molar-refractivity contribution < 1.29 is 18.9 Å². The Morgan fingerprint density at radius 2 is 1.06 bits per heavy atom. The van der Waals surface area contributed by atoms with Gasteiger partial charge >= 0.3 is 0 Å². The van der Waals surface area contributed by atoms with Crippen LogP contribution < -0.4 is 0 Å². The molecule has 4 atom stereocenters. The first-order valence-corrected chi connectivity index (χ1v) is 6.08. The molecule has 92 valence electrons. The van der Waals surface area contributed by atoms with E-state index in [0.717, 1.165) is 12.8 Å². The van der Waals surface area contributed by atoms with Gasteiger partial charge in [0.25, 0.3) is 0 Å². The Morgan fingerprint density at radius 1 is 0.688 bits per heavy atom. The van der Waals surface area contributed by atoms with E-state index in [0.29, 0.717) is 0 Å². The zero-order valence-corrected chi connectivity index (χ0v) is 10.4. The summed E-state index contributed by atoms with van der Waals surface area (Å²) < 4.78 is 23.6. The normalized spacial score (nSPS) is 48.8.